The number of methoxy groups -OCH3 is 2. The largest absolute Gasteiger partial charge is 0.453 e. The minimum atomic E-state index is -1.22. The number of fused-ring (bicyclic) bond motifs is 1. The first-order chi connectivity index (χ1) is 29.9. The van der Waals surface area contributed by atoms with Gasteiger partial charge in [0, 0.05) is 38.5 Å². The number of amidine groups is 1. The van der Waals surface area contributed by atoms with E-state index in [1.54, 1.807) is 11.0 Å². The summed E-state index contributed by atoms with van der Waals surface area (Å²) >= 11 is 0. The number of aromatic nitrogens is 2. The van der Waals surface area contributed by atoms with Gasteiger partial charge in [-0.25, -0.2) is 9.78 Å². The quantitative estimate of drug-likeness (QED) is 0.0709. The van der Waals surface area contributed by atoms with E-state index < -0.39 is 24.6 Å². The lowest BCUT2D eigenvalue weighted by Gasteiger charge is -2.32. The number of aliphatic hydroxyl groups excluding tert-OH is 1. The molecular weight excluding hydrogens is 785 g/mol. The number of amides is 3. The molecule has 0 radical (unpaired) electrons. The predicted molar refractivity (Wildman–Crippen MR) is 242 cm³/mol. The monoisotopic (exact) mass is 844 g/mol. The van der Waals surface area contributed by atoms with Gasteiger partial charge in [0.15, 0.2) is 0 Å². The summed E-state index contributed by atoms with van der Waals surface area (Å²) in [6, 6.07) is 19.8. The number of aromatic amines is 1. The molecule has 0 spiro atoms. The maximum absolute atomic E-state index is 13.7. The van der Waals surface area contributed by atoms with Crippen LogP contribution in [0.1, 0.15) is 83.6 Å². The fourth-order valence-electron chi connectivity index (χ4n) is 8.75. The lowest BCUT2D eigenvalue weighted by molar-refractivity contribution is -0.143. The summed E-state index contributed by atoms with van der Waals surface area (Å²) in [6.07, 6.45) is 8.84. The maximum atomic E-state index is 13.7. The van der Waals surface area contributed by atoms with Gasteiger partial charge >= 0.3 is 6.09 Å². The Bertz CT molecular complexity index is 2330. The van der Waals surface area contributed by atoms with E-state index in [1.165, 1.54) is 19.8 Å². The van der Waals surface area contributed by atoms with Crippen LogP contribution < -0.4 is 16.0 Å². The third-order valence-electron chi connectivity index (χ3n) is 12.0. The van der Waals surface area contributed by atoms with Crippen molar-refractivity contribution in [3.63, 3.8) is 0 Å². The van der Waals surface area contributed by atoms with Crippen molar-refractivity contribution in [1.82, 2.24) is 35.7 Å². The zero-order valence-electron chi connectivity index (χ0n) is 36.6. The van der Waals surface area contributed by atoms with E-state index >= 15 is 0 Å². The van der Waals surface area contributed by atoms with E-state index in [9.17, 15) is 19.5 Å². The molecule has 5 atom stereocenters. The smallest absolute Gasteiger partial charge is 0.407 e. The molecule has 5 N–H and O–H groups in total. The van der Waals surface area contributed by atoms with E-state index in [1.807, 2.05) is 45.0 Å². The van der Waals surface area contributed by atoms with Crippen LogP contribution in [0.5, 0.6) is 0 Å². The highest BCUT2D eigenvalue weighted by atomic mass is 16.6. The van der Waals surface area contributed by atoms with Crippen molar-refractivity contribution in [1.29, 1.82) is 0 Å². The predicted octanol–water partition coefficient (Wildman–Crippen LogP) is 6.90. The zero-order chi connectivity index (χ0) is 43.9. The molecule has 3 aliphatic rings. The highest BCUT2D eigenvalue weighted by molar-refractivity contribution is 5.95. The molecule has 4 aromatic rings. The van der Waals surface area contributed by atoms with Gasteiger partial charge in [0.1, 0.15) is 17.7 Å². The number of hydrogen-bond acceptors (Lipinski definition) is 10. The molecule has 1 aromatic heterocycles. The van der Waals surface area contributed by atoms with Crippen LogP contribution in [0.15, 0.2) is 89.7 Å². The molecule has 4 heterocycles. The molecule has 2 saturated heterocycles. The molecule has 328 valence electrons. The molecule has 0 saturated carbocycles. The Morgan fingerprint density at radius 1 is 0.855 bits per heavy atom. The second-order valence-corrected chi connectivity index (χ2v) is 16.9. The van der Waals surface area contributed by atoms with Gasteiger partial charge in [0.25, 0.3) is 0 Å². The van der Waals surface area contributed by atoms with Crippen LogP contribution in [0.2, 0.25) is 0 Å². The fourth-order valence-corrected chi connectivity index (χ4v) is 8.75. The number of aliphatic hydroxyl groups is 1. The molecular formula is C48H60N8O6. The summed E-state index contributed by atoms with van der Waals surface area (Å²) in [5.41, 5.74) is 7.36. The summed E-state index contributed by atoms with van der Waals surface area (Å²) in [6.45, 7) is 9.58. The second-order valence-electron chi connectivity index (χ2n) is 16.9. The van der Waals surface area contributed by atoms with Crippen LogP contribution in [0.4, 0.5) is 4.79 Å². The summed E-state index contributed by atoms with van der Waals surface area (Å²) in [4.78, 5) is 56.2. The number of imidazole rings is 1. The number of carbonyl (C=O) groups is 3. The molecule has 3 aromatic carbocycles. The van der Waals surface area contributed by atoms with Gasteiger partial charge < -0.3 is 40.0 Å². The Morgan fingerprint density at radius 2 is 1.50 bits per heavy atom. The van der Waals surface area contributed by atoms with Gasteiger partial charge in [-0.1, -0.05) is 74.0 Å². The number of aliphatic imine (C=N–C) groups is 1. The van der Waals surface area contributed by atoms with E-state index in [4.69, 9.17) is 19.5 Å². The number of likely N-dealkylation sites (tertiary alicyclic amines) is 2. The Balaban J connectivity index is 1.02. The van der Waals surface area contributed by atoms with Crippen LogP contribution in [-0.2, 0) is 19.1 Å². The molecule has 2 fully saturated rings. The van der Waals surface area contributed by atoms with E-state index in [0.717, 1.165) is 94.5 Å². The van der Waals surface area contributed by atoms with Crippen molar-refractivity contribution < 1.29 is 29.0 Å². The Kier molecular flexibility index (Phi) is 14.2. The lowest BCUT2D eigenvalue weighted by atomic mass is 9.96. The van der Waals surface area contributed by atoms with Crippen molar-refractivity contribution in [2.75, 3.05) is 33.9 Å². The molecule has 3 aliphatic heterocycles. The number of ether oxygens (including phenoxy) is 2. The number of nitrogens with zero attached hydrogens (tertiary/aromatic N) is 4. The highest BCUT2D eigenvalue weighted by Crippen LogP contribution is 2.34. The first kappa shape index (κ1) is 44.2. The molecule has 3 amide bonds. The van der Waals surface area contributed by atoms with Crippen molar-refractivity contribution in [3.8, 4) is 22.4 Å². The van der Waals surface area contributed by atoms with Crippen molar-refractivity contribution in [3.05, 3.63) is 96.1 Å². The second kappa shape index (κ2) is 19.9. The van der Waals surface area contributed by atoms with Crippen molar-refractivity contribution in [2.45, 2.75) is 96.8 Å². The highest BCUT2D eigenvalue weighted by Gasteiger charge is 2.38. The topological polar surface area (TPSA) is 174 Å². The average molecular weight is 845 g/mol. The first-order valence-corrected chi connectivity index (χ1v) is 21.7. The summed E-state index contributed by atoms with van der Waals surface area (Å²) in [5, 5.41) is 21.4. The first-order valence-electron chi connectivity index (χ1n) is 21.7. The number of hydrogen-bond donors (Lipinski definition) is 5. The Hall–Kier alpha value is -5.83. The van der Waals surface area contributed by atoms with Gasteiger partial charge in [0.2, 0.25) is 18.2 Å². The average Bonchev–Trinajstić information content (AvgIpc) is 4.06. The Labute approximate surface area is 363 Å². The number of carbonyl (C=O) groups excluding carboxylic acids is 3. The molecule has 62 heavy (non-hydrogen) atoms. The fraction of sp³-hybridized carbons (Fsp3) is 0.438. The van der Waals surface area contributed by atoms with Gasteiger partial charge in [-0.15, -0.1) is 0 Å². The van der Waals surface area contributed by atoms with Gasteiger partial charge in [-0.2, -0.15) is 0 Å². The van der Waals surface area contributed by atoms with Crippen LogP contribution in [0.3, 0.4) is 0 Å². The number of rotatable bonds is 13. The van der Waals surface area contributed by atoms with Gasteiger partial charge in [-0.3, -0.25) is 19.9 Å². The minimum absolute atomic E-state index is 0.0389. The Morgan fingerprint density at radius 3 is 2.18 bits per heavy atom. The maximum Gasteiger partial charge on any atom is 0.407 e. The summed E-state index contributed by atoms with van der Waals surface area (Å²) < 4.78 is 9.77. The number of benzene rings is 3. The third-order valence-corrected chi connectivity index (χ3v) is 12.0. The number of H-pyrrole nitrogens is 1. The van der Waals surface area contributed by atoms with Crippen molar-refractivity contribution >= 4 is 40.1 Å². The molecule has 0 bridgehead atoms. The normalized spacial score (nSPS) is 20.3. The minimum Gasteiger partial charge on any atom is -0.453 e. The van der Waals surface area contributed by atoms with Crippen LogP contribution in [0, 0.1) is 5.92 Å². The molecule has 14 nitrogen and oxygen atoms in total. The van der Waals surface area contributed by atoms with E-state index in [2.05, 4.69) is 81.6 Å². The van der Waals surface area contributed by atoms with Crippen LogP contribution >= 0.6 is 0 Å². The SMILES string of the molecule is COC(=O)NC(C=C(C)C)C(=O)N1CCCC1c1ncc(-c2ccc3cc(-c4ccc(/C5=C/NC(C6CCCN6C(=O)C(NC(O)OC)C(C)C)=NCCC5)cc4)ccc3c2)[nH]1. The lowest BCUT2D eigenvalue weighted by Crippen LogP contribution is -2.56. The van der Waals surface area contributed by atoms with Crippen LogP contribution in [0.25, 0.3) is 38.7 Å². The standard InChI is InChI=1S/C48H60N8O6/c1-29(2)24-38(53-47(59)61-5)45(57)55-22-9-12-41(55)44-51-28-39(52-44)36-20-19-34-25-33(17-18-35(34)26-36)31-13-15-32(16-14-31)37-10-7-21-49-43(50-27-37)40-11-8-23-56(40)46(58)42(30(3)4)54-48(60)62-6/h13-20,24-28,30,38,40-42,48,54,60H,7-12,21-23H2,1-6H3,(H,49,50)(H,51,52)(H,53,59)/b37-27+. The van der Waals surface area contributed by atoms with Crippen LogP contribution in [-0.4, -0.2) is 107 Å². The van der Waals surface area contributed by atoms with E-state index in [0.29, 0.717) is 19.6 Å². The summed E-state index contributed by atoms with van der Waals surface area (Å²) in [5.74, 6) is 1.24. The third kappa shape index (κ3) is 10.1. The molecule has 5 unspecified atom stereocenters. The number of alkyl carbamates (subject to hydrolysis) is 1. The van der Waals surface area contributed by atoms with Gasteiger partial charge in [-0.05, 0) is 103 Å². The zero-order valence-corrected chi connectivity index (χ0v) is 36.6. The number of allylic oxidation sites excluding steroid dienone is 2. The van der Waals surface area contributed by atoms with Crippen molar-refractivity contribution in [2.24, 2.45) is 10.9 Å². The van der Waals surface area contributed by atoms with Gasteiger partial charge in [0.05, 0.1) is 37.1 Å². The molecule has 7 rings (SSSR count). The summed E-state index contributed by atoms with van der Waals surface area (Å²) in [7, 11) is 2.69. The van der Waals surface area contributed by atoms with E-state index in [-0.39, 0.29) is 29.8 Å². The molecule has 0 aliphatic carbocycles. The number of nitrogens with one attached hydrogen (secondary N) is 4. The molecule has 14 heteroatoms.